The average Bonchev–Trinajstić information content (AvgIpc) is 2.81. The Hall–Kier alpha value is -1.37. The van der Waals surface area contributed by atoms with Crippen LogP contribution in [0.15, 0.2) is 40.2 Å². The molecule has 2 rings (SSSR count). The predicted octanol–water partition coefficient (Wildman–Crippen LogP) is 3.90. The van der Waals surface area contributed by atoms with Gasteiger partial charge in [0.15, 0.2) is 0 Å². The van der Waals surface area contributed by atoms with E-state index >= 15 is 0 Å². The van der Waals surface area contributed by atoms with Crippen molar-refractivity contribution in [3.8, 4) is 0 Å². The Kier molecular flexibility index (Phi) is 4.80. The van der Waals surface area contributed by atoms with Crippen LogP contribution in [0.3, 0.4) is 0 Å². The Balaban J connectivity index is 2.37. The lowest BCUT2D eigenvalue weighted by Gasteiger charge is -2.20. The number of thiophene rings is 1. The summed E-state index contributed by atoms with van der Waals surface area (Å²) in [6, 6.07) is 9.94. The molecule has 0 saturated carbocycles. The fourth-order valence-corrected chi connectivity index (χ4v) is 3.14. The van der Waals surface area contributed by atoms with Crippen molar-refractivity contribution in [2.24, 2.45) is 0 Å². The van der Waals surface area contributed by atoms with Gasteiger partial charge in [-0.1, -0.05) is 17.7 Å². The van der Waals surface area contributed by atoms with Crippen LogP contribution in [-0.2, 0) is 4.79 Å². The number of hydrogen-bond acceptors (Lipinski definition) is 3. The minimum absolute atomic E-state index is 0.370. The predicted molar refractivity (Wildman–Crippen MR) is 82.8 cm³/mol. The first kappa shape index (κ1) is 15.0. The van der Waals surface area contributed by atoms with Crippen LogP contribution < -0.4 is 4.90 Å². The van der Waals surface area contributed by atoms with Gasteiger partial charge >= 0.3 is 5.97 Å². The topological polar surface area (TPSA) is 57.6 Å². The maximum absolute atomic E-state index is 12.4. The van der Waals surface area contributed by atoms with Gasteiger partial charge in [0, 0.05) is 10.7 Å². The number of carbonyl (C=O) groups is 2. The summed E-state index contributed by atoms with van der Waals surface area (Å²) in [5.41, 5.74) is 0.453. The molecule has 0 radical (unpaired) electrons. The molecular weight excluding hydrogens is 366 g/mol. The van der Waals surface area contributed by atoms with Gasteiger partial charge in [-0.25, -0.2) is 0 Å². The van der Waals surface area contributed by atoms with Crippen LogP contribution in [0, 0.1) is 0 Å². The lowest BCUT2D eigenvalue weighted by Crippen LogP contribution is -2.35. The van der Waals surface area contributed by atoms with Crippen molar-refractivity contribution in [2.75, 3.05) is 11.4 Å². The molecule has 4 nitrogen and oxygen atoms in total. The number of carboxylic acids is 1. The lowest BCUT2D eigenvalue weighted by molar-refractivity contribution is -0.135. The Labute approximate surface area is 132 Å². The van der Waals surface area contributed by atoms with Gasteiger partial charge < -0.3 is 5.11 Å². The van der Waals surface area contributed by atoms with Gasteiger partial charge in [-0.2, -0.15) is 0 Å². The molecule has 1 aromatic heterocycles. The number of halogens is 2. The average molecular weight is 375 g/mol. The molecule has 0 fully saturated rings. The number of rotatable bonds is 4. The van der Waals surface area contributed by atoms with E-state index in [2.05, 4.69) is 15.9 Å². The van der Waals surface area contributed by atoms with E-state index in [0.29, 0.717) is 15.6 Å². The third kappa shape index (κ3) is 3.59. The quantitative estimate of drug-likeness (QED) is 0.883. The number of carboxylic acid groups (broad SMARTS) is 1. The fourth-order valence-electron chi connectivity index (χ4n) is 1.62. The Morgan fingerprint density at radius 1 is 1.30 bits per heavy atom. The van der Waals surface area contributed by atoms with Gasteiger partial charge in [0.05, 0.1) is 8.66 Å². The molecule has 1 heterocycles. The van der Waals surface area contributed by atoms with E-state index in [1.54, 1.807) is 36.4 Å². The lowest BCUT2D eigenvalue weighted by atomic mass is 10.2. The molecule has 104 valence electrons. The van der Waals surface area contributed by atoms with Gasteiger partial charge in [-0.15, -0.1) is 11.3 Å². The van der Waals surface area contributed by atoms with Crippen LogP contribution in [0.2, 0.25) is 5.02 Å². The van der Waals surface area contributed by atoms with Crippen molar-refractivity contribution in [3.05, 3.63) is 50.1 Å². The fraction of sp³-hybridized carbons (Fsp3) is 0.0769. The maximum atomic E-state index is 12.4. The normalized spacial score (nSPS) is 10.3. The standard InChI is InChI=1S/C13H9BrClNO3S/c14-11-5-4-10(20-11)13(19)16(7-12(17)18)9-3-1-2-8(15)6-9/h1-6H,7H2,(H,17,18). The number of benzene rings is 1. The van der Waals surface area contributed by atoms with Gasteiger partial charge in [0.25, 0.3) is 5.91 Å². The molecule has 1 amide bonds. The van der Waals surface area contributed by atoms with Gasteiger partial charge in [0.2, 0.25) is 0 Å². The van der Waals surface area contributed by atoms with Gasteiger partial charge in [-0.3, -0.25) is 14.5 Å². The summed E-state index contributed by atoms with van der Waals surface area (Å²) < 4.78 is 0.808. The summed E-state index contributed by atoms with van der Waals surface area (Å²) in [5.74, 6) is -1.46. The molecule has 0 aliphatic heterocycles. The second-order valence-corrected chi connectivity index (χ2v) is 6.77. The summed E-state index contributed by atoms with van der Waals surface area (Å²) >= 11 is 10.4. The maximum Gasteiger partial charge on any atom is 0.323 e. The van der Waals surface area contributed by atoms with E-state index in [4.69, 9.17) is 16.7 Å². The van der Waals surface area contributed by atoms with E-state index in [1.807, 2.05) is 0 Å². The van der Waals surface area contributed by atoms with Crippen LogP contribution in [-0.4, -0.2) is 23.5 Å². The molecule has 20 heavy (non-hydrogen) atoms. The first-order valence-electron chi connectivity index (χ1n) is 5.52. The summed E-state index contributed by atoms with van der Waals surface area (Å²) in [5, 5.41) is 9.43. The molecule has 2 aromatic rings. The molecule has 0 aliphatic rings. The van der Waals surface area contributed by atoms with Crippen LogP contribution in [0.5, 0.6) is 0 Å². The third-order valence-electron chi connectivity index (χ3n) is 2.44. The third-order valence-corrected chi connectivity index (χ3v) is 4.29. The van der Waals surface area contributed by atoms with Crippen molar-refractivity contribution in [1.29, 1.82) is 0 Å². The van der Waals surface area contributed by atoms with Crippen molar-refractivity contribution < 1.29 is 14.7 Å². The minimum atomic E-state index is -1.09. The summed E-state index contributed by atoms with van der Waals surface area (Å²) in [4.78, 5) is 25.0. The molecule has 7 heteroatoms. The zero-order valence-electron chi connectivity index (χ0n) is 10.0. The largest absolute Gasteiger partial charge is 0.480 e. The second-order valence-electron chi connectivity index (χ2n) is 3.87. The molecule has 0 saturated heterocycles. The highest BCUT2D eigenvalue weighted by Crippen LogP contribution is 2.26. The molecule has 0 atom stereocenters. The molecule has 1 N–H and O–H groups in total. The molecule has 0 bridgehead atoms. The SMILES string of the molecule is O=C(O)CN(C(=O)c1ccc(Br)s1)c1cccc(Cl)c1. The first-order chi connectivity index (χ1) is 9.47. The number of carbonyl (C=O) groups excluding carboxylic acids is 1. The summed E-state index contributed by atoms with van der Waals surface area (Å²) in [6.45, 7) is -0.422. The van der Waals surface area contributed by atoms with Crippen LogP contribution in [0.1, 0.15) is 9.67 Å². The highest BCUT2D eigenvalue weighted by Gasteiger charge is 2.22. The van der Waals surface area contributed by atoms with Crippen molar-refractivity contribution >= 4 is 56.4 Å². The zero-order chi connectivity index (χ0) is 14.7. The van der Waals surface area contributed by atoms with E-state index in [0.717, 1.165) is 3.79 Å². The van der Waals surface area contributed by atoms with Crippen LogP contribution >= 0.6 is 38.9 Å². The minimum Gasteiger partial charge on any atom is -0.480 e. The second kappa shape index (κ2) is 6.39. The molecule has 0 spiro atoms. The highest BCUT2D eigenvalue weighted by molar-refractivity contribution is 9.11. The van der Waals surface area contributed by atoms with Gasteiger partial charge in [0.1, 0.15) is 6.54 Å². The van der Waals surface area contributed by atoms with Crippen LogP contribution in [0.25, 0.3) is 0 Å². The number of amides is 1. The highest BCUT2D eigenvalue weighted by atomic mass is 79.9. The summed E-state index contributed by atoms with van der Waals surface area (Å²) in [7, 11) is 0. The molecular formula is C13H9BrClNO3S. The Morgan fingerprint density at radius 3 is 2.60 bits per heavy atom. The Bertz CT molecular complexity index is 659. The number of aliphatic carboxylic acids is 1. The number of anilines is 1. The smallest absolute Gasteiger partial charge is 0.323 e. The van der Waals surface area contributed by atoms with E-state index in [1.165, 1.54) is 16.2 Å². The Morgan fingerprint density at radius 2 is 2.05 bits per heavy atom. The van der Waals surface area contributed by atoms with Crippen LogP contribution in [0.4, 0.5) is 5.69 Å². The van der Waals surface area contributed by atoms with Crippen molar-refractivity contribution in [2.45, 2.75) is 0 Å². The number of hydrogen-bond donors (Lipinski definition) is 1. The molecule has 1 aromatic carbocycles. The van der Waals surface area contributed by atoms with E-state index < -0.39 is 12.5 Å². The van der Waals surface area contributed by atoms with Crippen molar-refractivity contribution in [3.63, 3.8) is 0 Å². The van der Waals surface area contributed by atoms with E-state index in [-0.39, 0.29) is 5.91 Å². The molecule has 0 unspecified atom stereocenters. The van der Waals surface area contributed by atoms with Crippen molar-refractivity contribution in [1.82, 2.24) is 0 Å². The van der Waals surface area contributed by atoms with Gasteiger partial charge in [-0.05, 0) is 46.3 Å². The number of nitrogens with zero attached hydrogens (tertiary/aromatic N) is 1. The first-order valence-corrected chi connectivity index (χ1v) is 7.50. The van der Waals surface area contributed by atoms with E-state index in [9.17, 15) is 9.59 Å². The monoisotopic (exact) mass is 373 g/mol. The zero-order valence-corrected chi connectivity index (χ0v) is 13.2. The molecule has 0 aliphatic carbocycles. The summed E-state index contributed by atoms with van der Waals surface area (Å²) in [6.07, 6.45) is 0.